The van der Waals surface area contributed by atoms with Gasteiger partial charge in [0.1, 0.15) is 5.75 Å². The molecule has 122 valence electrons. The highest BCUT2D eigenvalue weighted by molar-refractivity contribution is 6.39. The van der Waals surface area contributed by atoms with Crippen LogP contribution in [0.3, 0.4) is 0 Å². The van der Waals surface area contributed by atoms with Crippen LogP contribution in [-0.4, -0.2) is 37.9 Å². The summed E-state index contributed by atoms with van der Waals surface area (Å²) >= 11 is 0. The van der Waals surface area contributed by atoms with Crippen LogP contribution in [0.5, 0.6) is 5.75 Å². The SMILES string of the molecule is C=CCNC(=O)C(=O)Nc1ccc(N2CCCC2=O)c(OC)c1. The number of hydrogen-bond acceptors (Lipinski definition) is 4. The molecule has 7 heteroatoms. The lowest BCUT2D eigenvalue weighted by Gasteiger charge is -2.19. The van der Waals surface area contributed by atoms with Gasteiger partial charge in [0.05, 0.1) is 12.8 Å². The molecule has 1 aliphatic rings. The molecule has 2 N–H and O–H groups in total. The Morgan fingerprint density at radius 2 is 2.17 bits per heavy atom. The van der Waals surface area contributed by atoms with Crippen molar-refractivity contribution in [2.24, 2.45) is 0 Å². The molecule has 1 aromatic rings. The van der Waals surface area contributed by atoms with Crippen LogP contribution in [0.1, 0.15) is 12.8 Å². The Labute approximate surface area is 134 Å². The largest absolute Gasteiger partial charge is 0.494 e. The van der Waals surface area contributed by atoms with E-state index in [1.54, 1.807) is 23.1 Å². The van der Waals surface area contributed by atoms with E-state index in [-0.39, 0.29) is 12.5 Å². The van der Waals surface area contributed by atoms with Gasteiger partial charge < -0.3 is 20.3 Å². The molecule has 0 saturated carbocycles. The maximum absolute atomic E-state index is 11.8. The Balaban J connectivity index is 2.12. The van der Waals surface area contributed by atoms with Gasteiger partial charge in [-0.15, -0.1) is 6.58 Å². The van der Waals surface area contributed by atoms with Crippen molar-refractivity contribution in [2.75, 3.05) is 30.4 Å². The number of hydrogen-bond donors (Lipinski definition) is 2. The lowest BCUT2D eigenvalue weighted by atomic mass is 10.2. The lowest BCUT2D eigenvalue weighted by Crippen LogP contribution is -2.35. The molecule has 0 unspecified atom stereocenters. The number of carbonyl (C=O) groups excluding carboxylic acids is 3. The zero-order chi connectivity index (χ0) is 16.8. The fourth-order valence-electron chi connectivity index (χ4n) is 2.31. The quantitative estimate of drug-likeness (QED) is 0.628. The second-order valence-corrected chi connectivity index (χ2v) is 4.99. The molecule has 0 aromatic heterocycles. The maximum Gasteiger partial charge on any atom is 0.313 e. The van der Waals surface area contributed by atoms with Gasteiger partial charge in [-0.2, -0.15) is 0 Å². The van der Waals surface area contributed by atoms with E-state index in [1.165, 1.54) is 13.2 Å². The molecule has 0 atom stereocenters. The van der Waals surface area contributed by atoms with Crippen LogP contribution in [-0.2, 0) is 14.4 Å². The minimum absolute atomic E-state index is 0.0453. The number of benzene rings is 1. The van der Waals surface area contributed by atoms with E-state index in [0.29, 0.717) is 30.1 Å². The number of rotatable bonds is 5. The average molecular weight is 317 g/mol. The van der Waals surface area contributed by atoms with Gasteiger partial charge in [-0.05, 0) is 18.6 Å². The predicted molar refractivity (Wildman–Crippen MR) is 86.4 cm³/mol. The highest BCUT2D eigenvalue weighted by atomic mass is 16.5. The van der Waals surface area contributed by atoms with E-state index < -0.39 is 11.8 Å². The van der Waals surface area contributed by atoms with Gasteiger partial charge in [0.25, 0.3) is 0 Å². The first-order valence-corrected chi connectivity index (χ1v) is 7.25. The van der Waals surface area contributed by atoms with Crippen molar-refractivity contribution in [3.05, 3.63) is 30.9 Å². The van der Waals surface area contributed by atoms with Gasteiger partial charge in [0.15, 0.2) is 0 Å². The molecule has 1 heterocycles. The monoisotopic (exact) mass is 317 g/mol. The first kappa shape index (κ1) is 16.5. The summed E-state index contributed by atoms with van der Waals surface area (Å²) in [4.78, 5) is 36.8. The van der Waals surface area contributed by atoms with Crippen molar-refractivity contribution in [3.8, 4) is 5.75 Å². The van der Waals surface area contributed by atoms with E-state index in [2.05, 4.69) is 17.2 Å². The van der Waals surface area contributed by atoms with Gasteiger partial charge in [-0.3, -0.25) is 14.4 Å². The van der Waals surface area contributed by atoms with Gasteiger partial charge in [0, 0.05) is 31.3 Å². The molecule has 2 rings (SSSR count). The highest BCUT2D eigenvalue weighted by Crippen LogP contribution is 2.33. The van der Waals surface area contributed by atoms with Crippen LogP contribution >= 0.6 is 0 Å². The van der Waals surface area contributed by atoms with Gasteiger partial charge in [-0.25, -0.2) is 0 Å². The van der Waals surface area contributed by atoms with Crippen LogP contribution in [0.15, 0.2) is 30.9 Å². The number of nitrogens with zero attached hydrogens (tertiary/aromatic N) is 1. The van der Waals surface area contributed by atoms with Crippen molar-refractivity contribution < 1.29 is 19.1 Å². The highest BCUT2D eigenvalue weighted by Gasteiger charge is 2.24. The fourth-order valence-corrected chi connectivity index (χ4v) is 2.31. The molecule has 3 amide bonds. The van der Waals surface area contributed by atoms with Gasteiger partial charge >= 0.3 is 11.8 Å². The summed E-state index contributed by atoms with van der Waals surface area (Å²) in [5.41, 5.74) is 1.07. The smallest absolute Gasteiger partial charge is 0.313 e. The van der Waals surface area contributed by atoms with Crippen LogP contribution in [0.25, 0.3) is 0 Å². The van der Waals surface area contributed by atoms with Gasteiger partial charge in [-0.1, -0.05) is 6.08 Å². The summed E-state index contributed by atoms with van der Waals surface area (Å²) < 4.78 is 5.29. The molecule has 7 nitrogen and oxygen atoms in total. The molecular formula is C16H19N3O4. The molecule has 1 saturated heterocycles. The zero-order valence-electron chi connectivity index (χ0n) is 12.9. The van der Waals surface area contributed by atoms with Gasteiger partial charge in [0.2, 0.25) is 5.91 Å². The molecule has 1 aliphatic heterocycles. The first-order valence-electron chi connectivity index (χ1n) is 7.25. The first-order chi connectivity index (χ1) is 11.1. The Morgan fingerprint density at radius 3 is 2.78 bits per heavy atom. The number of carbonyl (C=O) groups is 3. The van der Waals surface area contributed by atoms with Crippen LogP contribution < -0.4 is 20.3 Å². The molecule has 0 radical (unpaired) electrons. The third-order valence-electron chi connectivity index (χ3n) is 3.41. The fraction of sp³-hybridized carbons (Fsp3) is 0.312. The standard InChI is InChI=1S/C16H19N3O4/c1-3-8-17-15(21)16(22)18-11-6-7-12(13(10-11)23-2)19-9-4-5-14(19)20/h3,6-7,10H,1,4-5,8-9H2,2H3,(H,17,21)(H,18,22). The number of methoxy groups -OCH3 is 1. The third kappa shape index (κ3) is 3.88. The summed E-state index contributed by atoms with van der Waals surface area (Å²) in [6.45, 7) is 4.31. The average Bonchev–Trinajstić information content (AvgIpc) is 2.98. The molecule has 0 aliphatic carbocycles. The summed E-state index contributed by atoms with van der Waals surface area (Å²) in [6.07, 6.45) is 2.81. The molecule has 1 aromatic carbocycles. The Kier molecular flexibility index (Phi) is 5.35. The third-order valence-corrected chi connectivity index (χ3v) is 3.41. The van der Waals surface area contributed by atoms with E-state index >= 15 is 0 Å². The molecule has 23 heavy (non-hydrogen) atoms. The van der Waals surface area contributed by atoms with Crippen LogP contribution in [0, 0.1) is 0 Å². The van der Waals surface area contributed by atoms with E-state index in [9.17, 15) is 14.4 Å². The number of nitrogens with one attached hydrogen (secondary N) is 2. The minimum atomic E-state index is -0.779. The summed E-state index contributed by atoms with van der Waals surface area (Å²) in [6, 6.07) is 4.90. The van der Waals surface area contributed by atoms with Crippen LogP contribution in [0.4, 0.5) is 11.4 Å². The summed E-state index contributed by atoms with van der Waals surface area (Å²) in [5, 5.41) is 4.88. The van der Waals surface area contributed by atoms with Crippen molar-refractivity contribution >= 4 is 29.1 Å². The Morgan fingerprint density at radius 1 is 1.39 bits per heavy atom. The zero-order valence-corrected chi connectivity index (χ0v) is 12.9. The van der Waals surface area contributed by atoms with E-state index in [1.807, 2.05) is 0 Å². The second kappa shape index (κ2) is 7.44. The number of ether oxygens (including phenoxy) is 1. The maximum atomic E-state index is 11.8. The molecule has 0 spiro atoms. The van der Waals surface area contributed by atoms with E-state index in [4.69, 9.17) is 4.74 Å². The van der Waals surface area contributed by atoms with Crippen molar-refractivity contribution in [1.29, 1.82) is 0 Å². The molecular weight excluding hydrogens is 298 g/mol. The normalized spacial score (nSPS) is 13.6. The molecule has 0 bridgehead atoms. The predicted octanol–water partition coefficient (Wildman–Crippen LogP) is 1.06. The molecule has 1 fully saturated rings. The van der Waals surface area contributed by atoms with Crippen molar-refractivity contribution in [2.45, 2.75) is 12.8 Å². The van der Waals surface area contributed by atoms with Crippen molar-refractivity contribution in [1.82, 2.24) is 5.32 Å². The van der Waals surface area contributed by atoms with Crippen LogP contribution in [0.2, 0.25) is 0 Å². The summed E-state index contributed by atoms with van der Waals surface area (Å²) in [7, 11) is 1.49. The number of amides is 3. The minimum Gasteiger partial charge on any atom is -0.494 e. The Bertz CT molecular complexity index is 642. The van der Waals surface area contributed by atoms with Crippen molar-refractivity contribution in [3.63, 3.8) is 0 Å². The lowest BCUT2D eigenvalue weighted by molar-refractivity contribution is -0.136. The Hall–Kier alpha value is -2.83. The van der Waals surface area contributed by atoms with E-state index in [0.717, 1.165) is 6.42 Å². The topological polar surface area (TPSA) is 87.7 Å². The second-order valence-electron chi connectivity index (χ2n) is 4.99. The number of anilines is 2. The summed E-state index contributed by atoms with van der Waals surface area (Å²) in [5.74, 6) is -1.02.